The molecule has 29 heavy (non-hydrogen) atoms. The zero-order valence-electron chi connectivity index (χ0n) is 16.5. The lowest BCUT2D eigenvalue weighted by molar-refractivity contribution is -0.118. The minimum atomic E-state index is -0.240. The molecule has 4 rings (SSSR count). The number of benzene rings is 1. The molecule has 0 spiro atoms. The Balaban J connectivity index is 1.29. The van der Waals surface area contributed by atoms with E-state index in [-0.39, 0.29) is 23.1 Å². The predicted molar refractivity (Wildman–Crippen MR) is 113 cm³/mol. The van der Waals surface area contributed by atoms with Gasteiger partial charge in [0.15, 0.2) is 5.17 Å². The number of carbonyl (C=O) groups is 2. The van der Waals surface area contributed by atoms with Crippen molar-refractivity contribution in [1.29, 1.82) is 0 Å². The van der Waals surface area contributed by atoms with Crippen molar-refractivity contribution < 1.29 is 19.1 Å². The molecule has 154 valence electrons. The van der Waals surface area contributed by atoms with Crippen LogP contribution in [0.2, 0.25) is 0 Å². The van der Waals surface area contributed by atoms with Gasteiger partial charge in [0, 0.05) is 12.6 Å². The molecule has 7 nitrogen and oxygen atoms in total. The van der Waals surface area contributed by atoms with Gasteiger partial charge in [0.1, 0.15) is 11.5 Å². The van der Waals surface area contributed by atoms with Crippen LogP contribution in [0.25, 0.3) is 0 Å². The maximum Gasteiger partial charge on any atom is 0.255 e. The van der Waals surface area contributed by atoms with Crippen molar-refractivity contribution in [3.05, 3.63) is 35.9 Å². The highest BCUT2D eigenvalue weighted by Crippen LogP contribution is 2.41. The van der Waals surface area contributed by atoms with Gasteiger partial charge >= 0.3 is 0 Å². The van der Waals surface area contributed by atoms with Crippen LogP contribution >= 0.6 is 11.8 Å². The Bertz CT molecular complexity index is 869. The molecule has 1 heterocycles. The zero-order chi connectivity index (χ0) is 20.4. The molecule has 2 aliphatic carbocycles. The van der Waals surface area contributed by atoms with Crippen molar-refractivity contribution in [1.82, 2.24) is 10.6 Å². The van der Waals surface area contributed by atoms with Crippen molar-refractivity contribution in [3.8, 4) is 11.5 Å². The number of hydrogen-bond acceptors (Lipinski definition) is 6. The second-order valence-electron chi connectivity index (χ2n) is 7.49. The topological polar surface area (TPSA) is 89.0 Å². The summed E-state index contributed by atoms with van der Waals surface area (Å²) in [6.45, 7) is 0.392. The molecule has 2 N–H and O–H groups in total. The number of rotatable bonds is 7. The fourth-order valence-electron chi connectivity index (χ4n) is 4.11. The highest BCUT2D eigenvalue weighted by Gasteiger charge is 2.37. The summed E-state index contributed by atoms with van der Waals surface area (Å²) < 4.78 is 10.4. The number of ether oxygens (including phenoxy) is 2. The van der Waals surface area contributed by atoms with E-state index in [4.69, 9.17) is 14.5 Å². The molecule has 3 aliphatic rings. The van der Waals surface area contributed by atoms with Crippen LogP contribution < -0.4 is 20.1 Å². The molecular formula is C21H25N3O4S. The monoisotopic (exact) mass is 415 g/mol. The first kappa shape index (κ1) is 19.8. The lowest BCUT2D eigenvalue weighted by atomic mass is 10.0. The third-order valence-corrected chi connectivity index (χ3v) is 6.81. The molecule has 0 aromatic heterocycles. The average Bonchev–Trinajstić information content (AvgIpc) is 3.43. The minimum Gasteiger partial charge on any atom is -0.497 e. The molecule has 2 bridgehead atoms. The average molecular weight is 416 g/mol. The Morgan fingerprint density at radius 2 is 2.14 bits per heavy atom. The summed E-state index contributed by atoms with van der Waals surface area (Å²) in [4.78, 5) is 29.5. The number of carbonyl (C=O) groups excluding carboxylic acids is 2. The maximum absolute atomic E-state index is 12.5. The van der Waals surface area contributed by atoms with Gasteiger partial charge in [-0.2, -0.15) is 0 Å². The molecule has 1 saturated carbocycles. The summed E-state index contributed by atoms with van der Waals surface area (Å²) in [6.07, 6.45) is 7.34. The summed E-state index contributed by atoms with van der Waals surface area (Å²) in [5.41, 5.74) is 0.434. The number of allylic oxidation sites excluding steroid dienone is 1. The lowest BCUT2D eigenvalue weighted by Gasteiger charge is -2.13. The van der Waals surface area contributed by atoms with Gasteiger partial charge in [-0.15, -0.1) is 0 Å². The van der Waals surface area contributed by atoms with Gasteiger partial charge in [0.2, 0.25) is 5.91 Å². The predicted octanol–water partition coefficient (Wildman–Crippen LogP) is 2.38. The third-order valence-electron chi connectivity index (χ3n) is 5.65. The van der Waals surface area contributed by atoms with Gasteiger partial charge in [-0.3, -0.25) is 14.6 Å². The number of hydrogen-bond donors (Lipinski definition) is 2. The van der Waals surface area contributed by atoms with E-state index in [1.54, 1.807) is 25.3 Å². The van der Waals surface area contributed by atoms with Crippen molar-refractivity contribution in [2.24, 2.45) is 16.8 Å². The van der Waals surface area contributed by atoms with Crippen molar-refractivity contribution in [2.75, 3.05) is 20.8 Å². The number of nitrogens with one attached hydrogen (secondary N) is 2. The number of aliphatic imine (C=N–C) groups is 1. The van der Waals surface area contributed by atoms with Gasteiger partial charge < -0.3 is 20.1 Å². The van der Waals surface area contributed by atoms with Crippen molar-refractivity contribution in [3.63, 3.8) is 0 Å². The van der Waals surface area contributed by atoms with Crippen LogP contribution in [0.5, 0.6) is 11.5 Å². The smallest absolute Gasteiger partial charge is 0.255 e. The Kier molecular flexibility index (Phi) is 5.80. The van der Waals surface area contributed by atoms with E-state index in [9.17, 15) is 9.59 Å². The molecule has 4 atom stereocenters. The number of nitrogens with zero attached hydrogens (tertiary/aromatic N) is 1. The molecule has 1 aromatic carbocycles. The van der Waals surface area contributed by atoms with Gasteiger partial charge in [0.05, 0.1) is 31.1 Å². The van der Waals surface area contributed by atoms with E-state index in [1.165, 1.54) is 25.3 Å². The van der Waals surface area contributed by atoms with Crippen LogP contribution in [0.1, 0.15) is 29.6 Å². The second kappa shape index (κ2) is 8.49. The largest absolute Gasteiger partial charge is 0.497 e. The van der Waals surface area contributed by atoms with Gasteiger partial charge in [-0.25, -0.2) is 0 Å². The first-order chi connectivity index (χ1) is 14.1. The summed E-state index contributed by atoms with van der Waals surface area (Å²) in [6, 6.07) is 5.33. The minimum absolute atomic E-state index is 0.0382. The molecule has 1 saturated heterocycles. The van der Waals surface area contributed by atoms with Gasteiger partial charge in [-0.1, -0.05) is 23.9 Å². The van der Waals surface area contributed by atoms with E-state index in [0.29, 0.717) is 47.0 Å². The molecule has 1 aromatic rings. The third kappa shape index (κ3) is 4.27. The van der Waals surface area contributed by atoms with Gasteiger partial charge in [0.25, 0.3) is 5.91 Å². The molecule has 2 amide bonds. The number of methoxy groups -OCH3 is 2. The van der Waals surface area contributed by atoms with E-state index in [1.807, 2.05) is 0 Å². The lowest BCUT2D eigenvalue weighted by Crippen LogP contribution is -2.30. The van der Waals surface area contributed by atoms with Crippen LogP contribution in [0, 0.1) is 11.8 Å². The summed E-state index contributed by atoms with van der Waals surface area (Å²) in [5.74, 6) is 1.96. The van der Waals surface area contributed by atoms with E-state index >= 15 is 0 Å². The molecule has 4 unspecified atom stereocenters. The second-order valence-corrected chi connectivity index (χ2v) is 8.68. The molecular weight excluding hydrogens is 390 g/mol. The zero-order valence-corrected chi connectivity index (χ0v) is 17.3. The normalized spacial score (nSPS) is 28.6. The van der Waals surface area contributed by atoms with Crippen LogP contribution in [-0.4, -0.2) is 49.0 Å². The van der Waals surface area contributed by atoms with Crippen LogP contribution in [-0.2, 0) is 4.79 Å². The summed E-state index contributed by atoms with van der Waals surface area (Å²) >= 11 is 1.47. The Labute approximate surface area is 174 Å². The number of amides is 2. The molecule has 8 heteroatoms. The number of amidine groups is 1. The van der Waals surface area contributed by atoms with Gasteiger partial charge in [-0.05, 0) is 43.2 Å². The van der Waals surface area contributed by atoms with Crippen LogP contribution in [0.4, 0.5) is 0 Å². The maximum atomic E-state index is 12.5. The Hall–Kier alpha value is -2.48. The van der Waals surface area contributed by atoms with Crippen molar-refractivity contribution >= 4 is 28.7 Å². The van der Waals surface area contributed by atoms with Crippen LogP contribution in [0.3, 0.4) is 0 Å². The molecule has 0 radical (unpaired) electrons. The standard InChI is InChI=1S/C21H25N3O4S/c1-27-14-5-6-15(17(11-14)28-2)19(25)22-8-7-18-20(26)24-21(29-18)23-16-10-12-3-4-13(16)9-12/h3-6,11-13,16,18H,7-10H2,1-2H3,(H,22,25)(H,23,24,26). The summed E-state index contributed by atoms with van der Waals surface area (Å²) in [5, 5.41) is 6.24. The van der Waals surface area contributed by atoms with E-state index < -0.39 is 0 Å². The highest BCUT2D eigenvalue weighted by atomic mass is 32.2. The molecule has 2 fully saturated rings. The van der Waals surface area contributed by atoms with Crippen molar-refractivity contribution in [2.45, 2.75) is 30.6 Å². The Morgan fingerprint density at radius 1 is 1.28 bits per heavy atom. The molecule has 1 aliphatic heterocycles. The fraction of sp³-hybridized carbons (Fsp3) is 0.476. The highest BCUT2D eigenvalue weighted by molar-refractivity contribution is 8.15. The first-order valence-corrected chi connectivity index (χ1v) is 10.7. The number of thioether (sulfide) groups is 1. The van der Waals surface area contributed by atoms with E-state index in [0.717, 1.165) is 6.42 Å². The fourth-order valence-corrected chi connectivity index (χ4v) is 5.13. The quantitative estimate of drug-likeness (QED) is 0.668. The van der Waals surface area contributed by atoms with E-state index in [2.05, 4.69) is 22.8 Å². The van der Waals surface area contributed by atoms with Crippen LogP contribution in [0.15, 0.2) is 35.3 Å². The number of fused-ring (bicyclic) bond motifs is 2. The Morgan fingerprint density at radius 3 is 2.83 bits per heavy atom. The first-order valence-electron chi connectivity index (χ1n) is 9.81. The summed E-state index contributed by atoms with van der Waals surface area (Å²) in [7, 11) is 3.07. The SMILES string of the molecule is COc1ccc(C(=O)NCCC2SC(=NC3CC4C=CC3C4)NC2=O)c(OC)c1.